The Hall–Kier alpha value is -0.830. The summed E-state index contributed by atoms with van der Waals surface area (Å²) in [5, 5.41) is 9.09. The van der Waals surface area contributed by atoms with Crippen LogP contribution in [-0.4, -0.2) is 11.8 Å². The van der Waals surface area contributed by atoms with E-state index in [2.05, 4.69) is 0 Å². The lowest BCUT2D eigenvalue weighted by atomic mass is 10.1. The number of alkyl halides is 1. The first kappa shape index (κ1) is 8.27. The normalized spacial score (nSPS) is 13.5. The maximum Gasteiger partial charge on any atom is 0.120 e. The van der Waals surface area contributed by atoms with Gasteiger partial charge in [-0.15, -0.1) is 0 Å². The Morgan fingerprint density at radius 2 is 2.27 bits per heavy atom. The summed E-state index contributed by atoms with van der Waals surface area (Å²) >= 11 is 0. The van der Waals surface area contributed by atoms with Gasteiger partial charge in [0.05, 0.1) is 0 Å². The largest absolute Gasteiger partial charge is 0.466 e. The van der Waals surface area contributed by atoms with Crippen LogP contribution in [0.2, 0.25) is 0 Å². The minimum atomic E-state index is -1.03. The molecule has 0 bridgehead atoms. The second kappa shape index (κ2) is 3.05. The van der Waals surface area contributed by atoms with Gasteiger partial charge in [0.15, 0.2) is 0 Å². The van der Waals surface area contributed by atoms with Gasteiger partial charge in [-0.05, 0) is 19.9 Å². The molecule has 0 saturated carbocycles. The average molecular weight is 158 g/mol. The molecule has 0 saturated heterocycles. The monoisotopic (exact) mass is 158 g/mol. The van der Waals surface area contributed by atoms with Crippen molar-refractivity contribution in [2.24, 2.45) is 0 Å². The molecule has 1 heterocycles. The fourth-order valence-corrected chi connectivity index (χ4v) is 1.06. The van der Waals surface area contributed by atoms with Crippen molar-refractivity contribution in [3.05, 3.63) is 23.2 Å². The molecule has 0 amide bonds. The highest BCUT2D eigenvalue weighted by Crippen LogP contribution is 2.21. The summed E-state index contributed by atoms with van der Waals surface area (Å²) in [6.07, 6.45) is -1.03. The summed E-state index contributed by atoms with van der Waals surface area (Å²) in [5.74, 6) is 1.29. The smallest absolute Gasteiger partial charge is 0.120 e. The van der Waals surface area contributed by atoms with E-state index < -0.39 is 12.8 Å². The molecule has 0 spiro atoms. The lowest BCUT2D eigenvalue weighted by Crippen LogP contribution is -1.98. The molecule has 0 aliphatic heterocycles. The Labute approximate surface area is 64.6 Å². The predicted octanol–water partition coefficient (Wildman–Crippen LogP) is 1.90. The first-order chi connectivity index (χ1) is 5.15. The minimum absolute atomic E-state index is 0.546. The van der Waals surface area contributed by atoms with Crippen molar-refractivity contribution >= 4 is 0 Å². The van der Waals surface area contributed by atoms with Crippen LogP contribution < -0.4 is 0 Å². The van der Waals surface area contributed by atoms with Gasteiger partial charge in [-0.1, -0.05) is 0 Å². The molecule has 1 aromatic rings. The van der Waals surface area contributed by atoms with Gasteiger partial charge in [0.2, 0.25) is 0 Å². The fraction of sp³-hybridized carbons (Fsp3) is 0.500. The predicted molar refractivity (Wildman–Crippen MR) is 39.1 cm³/mol. The van der Waals surface area contributed by atoms with Crippen LogP contribution in [0.4, 0.5) is 4.39 Å². The molecule has 0 radical (unpaired) electrons. The van der Waals surface area contributed by atoms with Gasteiger partial charge in [0.1, 0.15) is 24.3 Å². The summed E-state index contributed by atoms with van der Waals surface area (Å²) in [5.41, 5.74) is 0.546. The van der Waals surface area contributed by atoms with Crippen LogP contribution in [-0.2, 0) is 0 Å². The van der Waals surface area contributed by atoms with E-state index in [1.165, 1.54) is 0 Å². The van der Waals surface area contributed by atoms with Gasteiger partial charge in [-0.2, -0.15) is 0 Å². The number of aliphatic hydroxyl groups is 1. The average Bonchev–Trinajstić information content (AvgIpc) is 2.28. The van der Waals surface area contributed by atoms with Crippen LogP contribution in [0.25, 0.3) is 0 Å². The standard InChI is InChI=1S/C8H11FO2/c1-5-3-7(6(2)11-5)8(10)4-9/h3,8,10H,4H2,1-2H3. The number of halogens is 1. The van der Waals surface area contributed by atoms with Crippen molar-refractivity contribution in [1.29, 1.82) is 0 Å². The van der Waals surface area contributed by atoms with E-state index in [1.54, 1.807) is 19.9 Å². The summed E-state index contributed by atoms with van der Waals surface area (Å²) < 4.78 is 17.1. The van der Waals surface area contributed by atoms with Crippen molar-refractivity contribution in [3.8, 4) is 0 Å². The van der Waals surface area contributed by atoms with Gasteiger partial charge in [0.25, 0.3) is 0 Å². The first-order valence-corrected chi connectivity index (χ1v) is 3.46. The van der Waals surface area contributed by atoms with E-state index in [-0.39, 0.29) is 0 Å². The third-order valence-electron chi connectivity index (χ3n) is 1.58. The Morgan fingerprint density at radius 1 is 1.64 bits per heavy atom. The van der Waals surface area contributed by atoms with Gasteiger partial charge >= 0.3 is 0 Å². The summed E-state index contributed by atoms with van der Waals surface area (Å²) in [7, 11) is 0. The Balaban J connectivity index is 2.93. The molecule has 1 N–H and O–H groups in total. The number of rotatable bonds is 2. The molecule has 11 heavy (non-hydrogen) atoms. The molecule has 1 aromatic heterocycles. The van der Waals surface area contributed by atoms with E-state index in [9.17, 15) is 4.39 Å². The topological polar surface area (TPSA) is 33.4 Å². The second-order valence-corrected chi connectivity index (χ2v) is 2.54. The molecule has 1 rings (SSSR count). The van der Waals surface area contributed by atoms with Gasteiger partial charge in [-0.25, -0.2) is 4.39 Å². The van der Waals surface area contributed by atoms with E-state index in [4.69, 9.17) is 9.52 Å². The van der Waals surface area contributed by atoms with Crippen LogP contribution in [0.1, 0.15) is 23.2 Å². The zero-order chi connectivity index (χ0) is 8.43. The first-order valence-electron chi connectivity index (χ1n) is 3.46. The second-order valence-electron chi connectivity index (χ2n) is 2.54. The molecular weight excluding hydrogens is 147 g/mol. The van der Waals surface area contributed by atoms with Crippen LogP contribution in [0.3, 0.4) is 0 Å². The molecule has 0 aromatic carbocycles. The molecule has 0 aliphatic rings. The van der Waals surface area contributed by atoms with Crippen molar-refractivity contribution in [2.75, 3.05) is 6.67 Å². The molecule has 0 aliphatic carbocycles. The Bertz CT molecular complexity index is 242. The van der Waals surface area contributed by atoms with E-state index in [0.29, 0.717) is 17.1 Å². The molecule has 2 nitrogen and oxygen atoms in total. The van der Waals surface area contributed by atoms with Crippen molar-refractivity contribution < 1.29 is 13.9 Å². The number of aliphatic hydroxyl groups excluding tert-OH is 1. The molecule has 3 heteroatoms. The van der Waals surface area contributed by atoms with E-state index >= 15 is 0 Å². The van der Waals surface area contributed by atoms with Crippen LogP contribution >= 0.6 is 0 Å². The van der Waals surface area contributed by atoms with E-state index in [1.807, 2.05) is 0 Å². The van der Waals surface area contributed by atoms with Crippen molar-refractivity contribution in [3.63, 3.8) is 0 Å². The summed E-state index contributed by atoms with van der Waals surface area (Å²) in [6.45, 7) is 2.71. The number of hydrogen-bond acceptors (Lipinski definition) is 2. The SMILES string of the molecule is Cc1cc(C(O)CF)c(C)o1. The zero-order valence-corrected chi connectivity index (χ0v) is 6.60. The number of hydrogen-bond donors (Lipinski definition) is 1. The molecular formula is C8H11FO2. The highest BCUT2D eigenvalue weighted by Gasteiger charge is 2.13. The Morgan fingerprint density at radius 3 is 2.64 bits per heavy atom. The highest BCUT2D eigenvalue weighted by atomic mass is 19.1. The summed E-state index contributed by atoms with van der Waals surface area (Å²) in [4.78, 5) is 0. The quantitative estimate of drug-likeness (QED) is 0.713. The van der Waals surface area contributed by atoms with Crippen molar-refractivity contribution in [2.45, 2.75) is 20.0 Å². The van der Waals surface area contributed by atoms with Crippen LogP contribution in [0.15, 0.2) is 10.5 Å². The fourth-order valence-electron chi connectivity index (χ4n) is 1.06. The van der Waals surface area contributed by atoms with Crippen LogP contribution in [0, 0.1) is 13.8 Å². The third-order valence-corrected chi connectivity index (χ3v) is 1.58. The third kappa shape index (κ3) is 1.60. The van der Waals surface area contributed by atoms with Crippen molar-refractivity contribution in [1.82, 2.24) is 0 Å². The summed E-state index contributed by atoms with van der Waals surface area (Å²) in [6, 6.07) is 1.65. The lowest BCUT2D eigenvalue weighted by molar-refractivity contribution is 0.140. The minimum Gasteiger partial charge on any atom is -0.466 e. The molecule has 1 unspecified atom stereocenters. The number of furan rings is 1. The van der Waals surface area contributed by atoms with E-state index in [0.717, 1.165) is 0 Å². The lowest BCUT2D eigenvalue weighted by Gasteiger charge is -2.01. The van der Waals surface area contributed by atoms with Gasteiger partial charge in [-0.3, -0.25) is 0 Å². The zero-order valence-electron chi connectivity index (χ0n) is 6.60. The Kier molecular flexibility index (Phi) is 2.29. The highest BCUT2D eigenvalue weighted by molar-refractivity contribution is 5.22. The number of aryl methyl sites for hydroxylation is 2. The molecule has 62 valence electrons. The molecule has 1 atom stereocenters. The van der Waals surface area contributed by atoms with Gasteiger partial charge in [0, 0.05) is 5.56 Å². The van der Waals surface area contributed by atoms with Gasteiger partial charge < -0.3 is 9.52 Å². The molecule has 0 fully saturated rings. The maximum absolute atomic E-state index is 12.0. The maximum atomic E-state index is 12.0. The van der Waals surface area contributed by atoms with Crippen LogP contribution in [0.5, 0.6) is 0 Å².